The van der Waals surface area contributed by atoms with E-state index in [0.29, 0.717) is 18.1 Å². The molecular formula is C16H20N4O2. The van der Waals surface area contributed by atoms with Crippen molar-refractivity contribution in [1.82, 2.24) is 14.9 Å². The lowest BCUT2D eigenvalue weighted by molar-refractivity contribution is -0.129. The first kappa shape index (κ1) is 16.1. The summed E-state index contributed by atoms with van der Waals surface area (Å²) in [6.45, 7) is 7.76. The predicted octanol–water partition coefficient (Wildman–Crippen LogP) is 1.53. The van der Waals surface area contributed by atoms with Crippen LogP contribution >= 0.6 is 0 Å². The molecule has 0 saturated carbocycles. The van der Waals surface area contributed by atoms with E-state index in [1.165, 1.54) is 0 Å². The van der Waals surface area contributed by atoms with Crippen molar-refractivity contribution in [3.8, 4) is 6.07 Å². The molecule has 0 bridgehead atoms. The van der Waals surface area contributed by atoms with E-state index in [2.05, 4.69) is 9.97 Å². The zero-order valence-electron chi connectivity index (χ0n) is 13.3. The molecule has 0 unspecified atom stereocenters. The number of carbonyl (C=O) groups is 2. The summed E-state index contributed by atoms with van der Waals surface area (Å²) in [5, 5.41) is 9.40. The summed E-state index contributed by atoms with van der Waals surface area (Å²) in [5.41, 5.74) is 1.15. The Morgan fingerprint density at radius 1 is 1.41 bits per heavy atom. The Kier molecular flexibility index (Phi) is 4.55. The Balaban J connectivity index is 2.24. The molecule has 116 valence electrons. The van der Waals surface area contributed by atoms with Gasteiger partial charge in [-0.05, 0) is 33.8 Å². The van der Waals surface area contributed by atoms with Crippen LogP contribution in [0.25, 0.3) is 0 Å². The van der Waals surface area contributed by atoms with Gasteiger partial charge in [-0.15, -0.1) is 0 Å². The molecular weight excluding hydrogens is 280 g/mol. The lowest BCUT2D eigenvalue weighted by Gasteiger charge is -2.21. The molecule has 2 heterocycles. The van der Waals surface area contributed by atoms with Gasteiger partial charge in [0.05, 0.1) is 11.8 Å². The molecule has 0 N–H and O–H groups in total. The minimum absolute atomic E-state index is 0.0277. The van der Waals surface area contributed by atoms with Gasteiger partial charge < -0.3 is 4.90 Å². The molecule has 0 spiro atoms. The molecule has 1 aliphatic rings. The molecule has 22 heavy (non-hydrogen) atoms. The second-order valence-corrected chi connectivity index (χ2v) is 5.99. The third-order valence-electron chi connectivity index (χ3n) is 3.88. The van der Waals surface area contributed by atoms with E-state index in [1.807, 2.05) is 19.9 Å². The zero-order valence-corrected chi connectivity index (χ0v) is 13.3. The van der Waals surface area contributed by atoms with E-state index in [0.717, 1.165) is 5.69 Å². The molecule has 6 nitrogen and oxygen atoms in total. The van der Waals surface area contributed by atoms with Crippen molar-refractivity contribution in [3.05, 3.63) is 23.3 Å². The van der Waals surface area contributed by atoms with Gasteiger partial charge in [0, 0.05) is 30.6 Å². The number of aromatic nitrogens is 2. The Morgan fingerprint density at radius 3 is 2.59 bits per heavy atom. The van der Waals surface area contributed by atoms with Gasteiger partial charge in [0.2, 0.25) is 5.91 Å². The molecule has 1 fully saturated rings. The number of amides is 1. The molecule has 1 aliphatic heterocycles. The van der Waals surface area contributed by atoms with Gasteiger partial charge in [0.25, 0.3) is 0 Å². The highest BCUT2D eigenvalue weighted by Crippen LogP contribution is 2.27. The van der Waals surface area contributed by atoms with Crippen LogP contribution in [0, 0.1) is 31.1 Å². The van der Waals surface area contributed by atoms with Crippen molar-refractivity contribution >= 4 is 11.7 Å². The fourth-order valence-corrected chi connectivity index (χ4v) is 2.83. The van der Waals surface area contributed by atoms with E-state index >= 15 is 0 Å². The van der Waals surface area contributed by atoms with Crippen molar-refractivity contribution in [2.24, 2.45) is 5.92 Å². The SMILES string of the molecule is Cc1cc([C@@H](C#N)C(=O)[C@@H]2CC(=O)N(C(C)C)C2)nc(C)n1. The highest BCUT2D eigenvalue weighted by atomic mass is 16.2. The second-order valence-electron chi connectivity index (χ2n) is 5.99. The second kappa shape index (κ2) is 6.22. The highest BCUT2D eigenvalue weighted by molar-refractivity contribution is 5.95. The normalized spacial score (nSPS) is 19.4. The van der Waals surface area contributed by atoms with Crippen LogP contribution in [0.1, 0.15) is 43.4 Å². The van der Waals surface area contributed by atoms with Gasteiger partial charge in [-0.2, -0.15) is 5.26 Å². The Labute approximate surface area is 130 Å². The smallest absolute Gasteiger partial charge is 0.223 e. The zero-order chi connectivity index (χ0) is 16.4. The Morgan fingerprint density at radius 2 is 2.09 bits per heavy atom. The molecule has 0 aromatic carbocycles. The van der Waals surface area contributed by atoms with E-state index in [9.17, 15) is 14.9 Å². The van der Waals surface area contributed by atoms with Crippen molar-refractivity contribution in [3.63, 3.8) is 0 Å². The summed E-state index contributed by atoms with van der Waals surface area (Å²) in [6.07, 6.45) is 0.179. The number of likely N-dealkylation sites (tertiary alicyclic amines) is 1. The molecule has 1 aromatic rings. The standard InChI is InChI=1S/C16H20N4O2/c1-9(2)20-8-12(6-15(20)21)16(22)13(7-17)14-5-10(3)18-11(4)19-14/h5,9,12-13H,6,8H2,1-4H3/t12-,13-/m1/s1. The van der Waals surface area contributed by atoms with Gasteiger partial charge >= 0.3 is 0 Å². The summed E-state index contributed by atoms with van der Waals surface area (Å²) in [4.78, 5) is 34.7. The summed E-state index contributed by atoms with van der Waals surface area (Å²) in [7, 11) is 0. The summed E-state index contributed by atoms with van der Waals surface area (Å²) < 4.78 is 0. The summed E-state index contributed by atoms with van der Waals surface area (Å²) in [5.74, 6) is -1.09. The fraction of sp³-hybridized carbons (Fsp3) is 0.562. The maximum Gasteiger partial charge on any atom is 0.223 e. The average molecular weight is 300 g/mol. The first-order chi connectivity index (χ1) is 10.3. The number of aryl methyl sites for hydroxylation is 2. The summed E-state index contributed by atoms with van der Waals surface area (Å²) in [6, 6.07) is 3.77. The van der Waals surface area contributed by atoms with E-state index < -0.39 is 11.8 Å². The van der Waals surface area contributed by atoms with Gasteiger partial charge in [-0.1, -0.05) is 0 Å². The molecule has 0 aliphatic carbocycles. The number of nitriles is 1. The predicted molar refractivity (Wildman–Crippen MR) is 79.8 cm³/mol. The van der Waals surface area contributed by atoms with Crippen LogP contribution in [0.5, 0.6) is 0 Å². The summed E-state index contributed by atoms with van der Waals surface area (Å²) >= 11 is 0. The third-order valence-corrected chi connectivity index (χ3v) is 3.88. The first-order valence-electron chi connectivity index (χ1n) is 7.38. The first-order valence-corrected chi connectivity index (χ1v) is 7.38. The van der Waals surface area contributed by atoms with Crippen molar-refractivity contribution < 1.29 is 9.59 Å². The van der Waals surface area contributed by atoms with Crippen LogP contribution in [0.15, 0.2) is 6.07 Å². The van der Waals surface area contributed by atoms with E-state index in [1.54, 1.807) is 24.8 Å². The largest absolute Gasteiger partial charge is 0.340 e. The molecule has 1 amide bonds. The van der Waals surface area contributed by atoms with Crippen LogP contribution in [-0.4, -0.2) is 39.1 Å². The topological polar surface area (TPSA) is 87.0 Å². The Bertz CT molecular complexity index is 628. The molecule has 2 rings (SSSR count). The number of rotatable bonds is 4. The molecule has 2 atom stereocenters. The number of hydrogen-bond acceptors (Lipinski definition) is 5. The lowest BCUT2D eigenvalue weighted by Crippen LogP contribution is -2.33. The number of ketones is 1. The minimum Gasteiger partial charge on any atom is -0.340 e. The molecule has 1 aromatic heterocycles. The molecule has 1 saturated heterocycles. The Hall–Kier alpha value is -2.29. The number of nitrogens with zero attached hydrogens (tertiary/aromatic N) is 4. The number of Topliss-reactive ketones (excluding diaryl/α,β-unsaturated/α-hetero) is 1. The average Bonchev–Trinajstić information content (AvgIpc) is 2.80. The van der Waals surface area contributed by atoms with Crippen LogP contribution < -0.4 is 0 Å². The van der Waals surface area contributed by atoms with Gasteiger partial charge in [0.15, 0.2) is 5.78 Å². The highest BCUT2D eigenvalue weighted by Gasteiger charge is 2.39. The van der Waals surface area contributed by atoms with Crippen LogP contribution in [0.3, 0.4) is 0 Å². The number of hydrogen-bond donors (Lipinski definition) is 0. The van der Waals surface area contributed by atoms with Crippen molar-refractivity contribution in [1.29, 1.82) is 5.26 Å². The van der Waals surface area contributed by atoms with E-state index in [-0.39, 0.29) is 24.2 Å². The van der Waals surface area contributed by atoms with Crippen molar-refractivity contribution in [2.45, 2.75) is 46.1 Å². The van der Waals surface area contributed by atoms with Crippen LogP contribution in [0.2, 0.25) is 0 Å². The third kappa shape index (κ3) is 3.14. The van der Waals surface area contributed by atoms with Crippen LogP contribution in [0.4, 0.5) is 0 Å². The van der Waals surface area contributed by atoms with Gasteiger partial charge in [-0.3, -0.25) is 9.59 Å². The monoisotopic (exact) mass is 300 g/mol. The minimum atomic E-state index is -0.940. The lowest BCUT2D eigenvalue weighted by atomic mass is 9.90. The molecule has 0 radical (unpaired) electrons. The van der Waals surface area contributed by atoms with Gasteiger partial charge in [0.1, 0.15) is 11.7 Å². The van der Waals surface area contributed by atoms with Crippen LogP contribution in [-0.2, 0) is 9.59 Å². The van der Waals surface area contributed by atoms with Crippen molar-refractivity contribution in [2.75, 3.05) is 6.54 Å². The van der Waals surface area contributed by atoms with E-state index in [4.69, 9.17) is 0 Å². The maximum absolute atomic E-state index is 12.7. The quantitative estimate of drug-likeness (QED) is 0.841. The fourth-order valence-electron chi connectivity index (χ4n) is 2.83. The molecule has 6 heteroatoms. The maximum atomic E-state index is 12.7. The van der Waals surface area contributed by atoms with Gasteiger partial charge in [-0.25, -0.2) is 9.97 Å². The number of carbonyl (C=O) groups excluding carboxylic acids is 2.